The molecule has 5 nitrogen and oxygen atoms in total. The van der Waals surface area contributed by atoms with E-state index in [1.807, 2.05) is 0 Å². The van der Waals surface area contributed by atoms with E-state index in [9.17, 15) is 13.7 Å². The number of anilines is 1. The summed E-state index contributed by atoms with van der Waals surface area (Å²) in [7, 11) is 0. The summed E-state index contributed by atoms with van der Waals surface area (Å²) in [5, 5.41) is 2.55. The van der Waals surface area contributed by atoms with Crippen molar-refractivity contribution in [3.63, 3.8) is 0 Å². The van der Waals surface area contributed by atoms with Crippen LogP contribution in [0.4, 0.5) is 20.2 Å². The number of benzene rings is 1. The van der Waals surface area contributed by atoms with Gasteiger partial charge in [-0.15, -0.1) is 4.91 Å². The van der Waals surface area contributed by atoms with Crippen LogP contribution in [0.1, 0.15) is 12.8 Å². The van der Waals surface area contributed by atoms with Gasteiger partial charge in [-0.25, -0.2) is 8.78 Å². The molecule has 0 aromatic heterocycles. The van der Waals surface area contributed by atoms with Gasteiger partial charge in [0, 0.05) is 38.1 Å². The molecule has 0 aliphatic carbocycles. The van der Waals surface area contributed by atoms with Crippen LogP contribution in [0.5, 0.6) is 0 Å². The summed E-state index contributed by atoms with van der Waals surface area (Å²) in [6.07, 6.45) is 1.11. The quantitative estimate of drug-likeness (QED) is 0.783. The van der Waals surface area contributed by atoms with Gasteiger partial charge in [0.1, 0.15) is 11.4 Å². The van der Waals surface area contributed by atoms with E-state index in [0.717, 1.165) is 12.1 Å². The Bertz CT molecular complexity index is 499. The summed E-state index contributed by atoms with van der Waals surface area (Å²) in [4.78, 5) is 11.9. The van der Waals surface area contributed by atoms with Crippen LogP contribution < -0.4 is 4.90 Å². The van der Waals surface area contributed by atoms with E-state index in [0.29, 0.717) is 39.1 Å². The molecule has 3 rings (SSSR count). The lowest BCUT2D eigenvalue weighted by atomic mass is 10.0. The van der Waals surface area contributed by atoms with Crippen LogP contribution in [0.2, 0.25) is 0 Å². The molecule has 1 aromatic rings. The molecule has 20 heavy (non-hydrogen) atoms. The molecular formula is C13H14F2N2O3. The lowest BCUT2D eigenvalue weighted by Crippen LogP contribution is -2.45. The maximum atomic E-state index is 13.9. The van der Waals surface area contributed by atoms with Gasteiger partial charge in [0.05, 0.1) is 13.2 Å². The zero-order valence-corrected chi connectivity index (χ0v) is 10.8. The van der Waals surface area contributed by atoms with Gasteiger partial charge in [-0.3, -0.25) is 0 Å². The Morgan fingerprint density at radius 2 is 1.65 bits per heavy atom. The molecule has 0 N–H and O–H groups in total. The summed E-state index contributed by atoms with van der Waals surface area (Å²) >= 11 is 0. The van der Waals surface area contributed by atoms with Crippen LogP contribution in [0.3, 0.4) is 0 Å². The Hall–Kier alpha value is -1.60. The molecule has 7 heteroatoms. The number of rotatable bonds is 2. The monoisotopic (exact) mass is 284 g/mol. The van der Waals surface area contributed by atoms with Crippen molar-refractivity contribution in [1.82, 2.24) is 0 Å². The first-order valence-corrected chi connectivity index (χ1v) is 6.49. The van der Waals surface area contributed by atoms with Crippen LogP contribution in [0.15, 0.2) is 17.3 Å². The van der Waals surface area contributed by atoms with Crippen LogP contribution in [-0.2, 0) is 9.47 Å². The first kappa shape index (κ1) is 13.4. The second-order valence-corrected chi connectivity index (χ2v) is 4.94. The SMILES string of the molecule is O=Nc1cc(F)c(N2CCC3(CC2)OCCO3)c(F)c1. The highest BCUT2D eigenvalue weighted by molar-refractivity contribution is 5.55. The van der Waals surface area contributed by atoms with Crippen molar-refractivity contribution in [3.8, 4) is 0 Å². The third kappa shape index (κ3) is 2.27. The highest BCUT2D eigenvalue weighted by atomic mass is 19.1. The van der Waals surface area contributed by atoms with Crippen molar-refractivity contribution in [3.05, 3.63) is 28.7 Å². The third-order valence-corrected chi connectivity index (χ3v) is 3.76. The molecule has 0 bridgehead atoms. The first-order chi connectivity index (χ1) is 9.63. The molecule has 1 aromatic carbocycles. The maximum Gasteiger partial charge on any atom is 0.171 e. The van der Waals surface area contributed by atoms with Crippen molar-refractivity contribution >= 4 is 11.4 Å². The average Bonchev–Trinajstić information content (AvgIpc) is 2.88. The minimum atomic E-state index is -0.774. The lowest BCUT2D eigenvalue weighted by molar-refractivity contribution is -0.169. The normalized spacial score (nSPS) is 21.4. The van der Waals surface area contributed by atoms with E-state index >= 15 is 0 Å². The molecule has 108 valence electrons. The third-order valence-electron chi connectivity index (χ3n) is 3.76. The molecule has 2 aliphatic heterocycles. The number of halogens is 2. The number of piperidine rings is 1. The second-order valence-electron chi connectivity index (χ2n) is 4.94. The fourth-order valence-corrected chi connectivity index (χ4v) is 2.76. The van der Waals surface area contributed by atoms with E-state index in [1.165, 1.54) is 0 Å². The predicted molar refractivity (Wildman–Crippen MR) is 67.9 cm³/mol. The molecule has 0 unspecified atom stereocenters. The van der Waals surface area contributed by atoms with E-state index in [1.54, 1.807) is 4.90 Å². The molecule has 1 spiro atoms. The first-order valence-electron chi connectivity index (χ1n) is 6.49. The number of hydrogen-bond donors (Lipinski definition) is 0. The van der Waals surface area contributed by atoms with Gasteiger partial charge in [-0.05, 0) is 5.18 Å². The summed E-state index contributed by atoms with van der Waals surface area (Å²) in [6, 6.07) is 1.89. The standard InChI is InChI=1S/C13H14F2N2O3/c14-10-7-9(16-18)8-11(15)12(10)17-3-1-13(2-4-17)19-5-6-20-13/h7-8H,1-6H2. The zero-order chi connectivity index (χ0) is 14.2. The van der Waals surface area contributed by atoms with Gasteiger partial charge in [0.15, 0.2) is 17.4 Å². The highest BCUT2D eigenvalue weighted by Crippen LogP contribution is 2.36. The van der Waals surface area contributed by atoms with E-state index in [2.05, 4.69) is 5.18 Å². The Morgan fingerprint density at radius 1 is 1.10 bits per heavy atom. The zero-order valence-electron chi connectivity index (χ0n) is 10.8. The average molecular weight is 284 g/mol. The Balaban J connectivity index is 1.79. The Kier molecular flexibility index (Phi) is 3.39. The molecule has 2 aliphatic rings. The van der Waals surface area contributed by atoms with Crippen molar-refractivity contribution in [2.45, 2.75) is 18.6 Å². The van der Waals surface area contributed by atoms with Crippen molar-refractivity contribution in [2.24, 2.45) is 5.18 Å². The van der Waals surface area contributed by atoms with Crippen molar-refractivity contribution < 1.29 is 18.3 Å². The molecule has 0 saturated carbocycles. The van der Waals surface area contributed by atoms with Crippen LogP contribution in [0, 0.1) is 16.5 Å². The summed E-state index contributed by atoms with van der Waals surface area (Å²) in [5.74, 6) is -2.14. The van der Waals surface area contributed by atoms with Gasteiger partial charge in [0.2, 0.25) is 0 Å². The van der Waals surface area contributed by atoms with E-state index < -0.39 is 17.4 Å². The lowest BCUT2D eigenvalue weighted by Gasteiger charge is -2.38. The fraction of sp³-hybridized carbons (Fsp3) is 0.538. The van der Waals surface area contributed by atoms with Gasteiger partial charge in [0.25, 0.3) is 0 Å². The van der Waals surface area contributed by atoms with Gasteiger partial charge < -0.3 is 14.4 Å². The molecule has 2 saturated heterocycles. The summed E-state index contributed by atoms with van der Waals surface area (Å²) < 4.78 is 39.0. The minimum absolute atomic E-state index is 0.120. The van der Waals surface area contributed by atoms with Crippen LogP contribution in [-0.4, -0.2) is 32.1 Å². The summed E-state index contributed by atoms with van der Waals surface area (Å²) in [6.45, 7) is 1.98. The molecular weight excluding hydrogens is 270 g/mol. The van der Waals surface area contributed by atoms with Crippen molar-refractivity contribution in [2.75, 3.05) is 31.2 Å². The van der Waals surface area contributed by atoms with Crippen LogP contribution >= 0.6 is 0 Å². The fourth-order valence-electron chi connectivity index (χ4n) is 2.76. The topological polar surface area (TPSA) is 51.1 Å². The van der Waals surface area contributed by atoms with E-state index in [-0.39, 0.29) is 11.4 Å². The largest absolute Gasteiger partial charge is 0.366 e. The smallest absolute Gasteiger partial charge is 0.171 e. The van der Waals surface area contributed by atoms with E-state index in [4.69, 9.17) is 9.47 Å². The number of nitrogens with zero attached hydrogens (tertiary/aromatic N) is 2. The number of hydrogen-bond acceptors (Lipinski definition) is 5. The molecule has 0 atom stereocenters. The molecule has 0 radical (unpaired) electrons. The molecule has 2 heterocycles. The number of nitroso groups, excluding NO2 is 1. The number of ether oxygens (including phenoxy) is 2. The Labute approximate surface area is 114 Å². The van der Waals surface area contributed by atoms with Crippen molar-refractivity contribution in [1.29, 1.82) is 0 Å². The highest BCUT2D eigenvalue weighted by Gasteiger charge is 2.40. The van der Waals surface area contributed by atoms with Gasteiger partial charge in [-0.1, -0.05) is 0 Å². The van der Waals surface area contributed by atoms with Gasteiger partial charge >= 0.3 is 0 Å². The summed E-state index contributed by atoms with van der Waals surface area (Å²) in [5.41, 5.74) is -0.370. The van der Waals surface area contributed by atoms with Crippen LogP contribution in [0.25, 0.3) is 0 Å². The maximum absolute atomic E-state index is 13.9. The molecule has 2 fully saturated rings. The molecule has 0 amide bonds. The second kappa shape index (κ2) is 5.06. The Morgan fingerprint density at radius 3 is 2.15 bits per heavy atom. The minimum Gasteiger partial charge on any atom is -0.366 e. The van der Waals surface area contributed by atoms with Gasteiger partial charge in [-0.2, -0.15) is 0 Å². The predicted octanol–water partition coefficient (Wildman–Crippen LogP) is 2.71.